The summed E-state index contributed by atoms with van der Waals surface area (Å²) in [6, 6.07) is 24.6. The number of hydrogen-bond donors (Lipinski definition) is 1. The minimum atomic E-state index is 0.302. The van der Waals surface area contributed by atoms with E-state index in [1.807, 2.05) is 36.4 Å². The Hall–Kier alpha value is -1.81. The molecule has 0 amide bonds. The van der Waals surface area contributed by atoms with E-state index in [2.05, 4.69) is 64.6 Å². The quantitative estimate of drug-likeness (QED) is 0.460. The minimum Gasteiger partial charge on any atom is -0.488 e. The lowest BCUT2D eigenvalue weighted by atomic mass is 10.1. The Morgan fingerprint density at radius 1 is 0.962 bits per heavy atom. The van der Waals surface area contributed by atoms with E-state index >= 15 is 0 Å². The zero-order valence-electron chi connectivity index (χ0n) is 14.6. The van der Waals surface area contributed by atoms with Gasteiger partial charge >= 0.3 is 0 Å². The zero-order chi connectivity index (χ0) is 18.4. The van der Waals surface area contributed by atoms with Crippen molar-refractivity contribution in [1.29, 1.82) is 0 Å². The maximum atomic E-state index is 5.91. The van der Waals surface area contributed by atoms with Gasteiger partial charge in [0.15, 0.2) is 0 Å². The molecule has 3 aromatic rings. The number of ether oxygens (including phenoxy) is 1. The van der Waals surface area contributed by atoms with Crippen molar-refractivity contribution in [3.63, 3.8) is 0 Å². The van der Waals surface area contributed by atoms with Gasteiger partial charge in [0.2, 0.25) is 0 Å². The molecule has 0 aliphatic carbocycles. The molecule has 1 N–H and O–H groups in total. The molecule has 3 aromatic carbocycles. The minimum absolute atomic E-state index is 0.302. The second-order valence-corrected chi connectivity index (χ2v) is 7.48. The van der Waals surface area contributed by atoms with E-state index in [1.54, 1.807) is 0 Å². The Bertz CT molecular complexity index is 837. The molecule has 134 valence electrons. The third-order valence-electron chi connectivity index (χ3n) is 4.22. The molecule has 2 nitrogen and oxygen atoms in total. The van der Waals surface area contributed by atoms with Gasteiger partial charge in [-0.3, -0.25) is 0 Å². The average molecular weight is 431 g/mol. The SMILES string of the molecule is CC(NCc1ccc(OCc2ccc(Cl)cc2)c(Br)c1)c1ccccc1. The number of hydrogen-bond acceptors (Lipinski definition) is 2. The molecule has 0 spiro atoms. The Morgan fingerprint density at radius 2 is 1.65 bits per heavy atom. The van der Waals surface area contributed by atoms with Gasteiger partial charge in [-0.15, -0.1) is 0 Å². The summed E-state index contributed by atoms with van der Waals surface area (Å²) in [5.41, 5.74) is 3.58. The maximum absolute atomic E-state index is 5.91. The largest absolute Gasteiger partial charge is 0.488 e. The van der Waals surface area contributed by atoms with Crippen LogP contribution < -0.4 is 10.1 Å². The Morgan fingerprint density at radius 3 is 2.35 bits per heavy atom. The summed E-state index contributed by atoms with van der Waals surface area (Å²) in [6.07, 6.45) is 0. The smallest absolute Gasteiger partial charge is 0.134 e. The lowest BCUT2D eigenvalue weighted by Gasteiger charge is -2.15. The Balaban J connectivity index is 1.56. The fourth-order valence-electron chi connectivity index (χ4n) is 2.64. The van der Waals surface area contributed by atoms with Crippen molar-refractivity contribution in [1.82, 2.24) is 5.32 Å². The van der Waals surface area contributed by atoms with E-state index in [0.717, 1.165) is 27.4 Å². The summed E-state index contributed by atoms with van der Waals surface area (Å²) in [7, 11) is 0. The van der Waals surface area contributed by atoms with Gasteiger partial charge in [0, 0.05) is 17.6 Å². The lowest BCUT2D eigenvalue weighted by Crippen LogP contribution is -2.17. The fraction of sp³-hybridized carbons (Fsp3) is 0.182. The first-order chi connectivity index (χ1) is 12.6. The molecule has 3 rings (SSSR count). The van der Waals surface area contributed by atoms with E-state index in [1.165, 1.54) is 11.1 Å². The molecular weight excluding hydrogens is 410 g/mol. The van der Waals surface area contributed by atoms with Gasteiger partial charge in [-0.05, 0) is 63.8 Å². The fourth-order valence-corrected chi connectivity index (χ4v) is 3.31. The third kappa shape index (κ3) is 5.34. The maximum Gasteiger partial charge on any atom is 0.134 e. The summed E-state index contributed by atoms with van der Waals surface area (Å²) in [5.74, 6) is 0.833. The van der Waals surface area contributed by atoms with Crippen LogP contribution in [-0.4, -0.2) is 0 Å². The van der Waals surface area contributed by atoms with Crippen LogP contribution in [0.3, 0.4) is 0 Å². The summed E-state index contributed by atoms with van der Waals surface area (Å²) in [5, 5.41) is 4.28. The number of halogens is 2. The van der Waals surface area contributed by atoms with E-state index in [-0.39, 0.29) is 0 Å². The lowest BCUT2D eigenvalue weighted by molar-refractivity contribution is 0.304. The molecule has 0 aliphatic heterocycles. The van der Waals surface area contributed by atoms with E-state index in [9.17, 15) is 0 Å². The molecule has 0 saturated heterocycles. The van der Waals surface area contributed by atoms with Gasteiger partial charge < -0.3 is 10.1 Å². The molecule has 0 heterocycles. The molecule has 26 heavy (non-hydrogen) atoms. The Labute approximate surface area is 168 Å². The first-order valence-electron chi connectivity index (χ1n) is 8.56. The first kappa shape index (κ1) is 19.0. The van der Waals surface area contributed by atoms with Crippen LogP contribution in [0.5, 0.6) is 5.75 Å². The summed E-state index contributed by atoms with van der Waals surface area (Å²) in [4.78, 5) is 0. The monoisotopic (exact) mass is 429 g/mol. The van der Waals surface area contributed by atoms with Crippen LogP contribution in [0.15, 0.2) is 77.3 Å². The molecule has 0 aliphatic rings. The standard InChI is InChI=1S/C22H21BrClNO/c1-16(19-5-3-2-4-6-19)25-14-18-9-12-22(21(23)13-18)26-15-17-7-10-20(24)11-8-17/h2-13,16,25H,14-15H2,1H3. The van der Waals surface area contributed by atoms with Gasteiger partial charge in [-0.2, -0.15) is 0 Å². The van der Waals surface area contributed by atoms with Gasteiger partial charge in [-0.1, -0.05) is 60.1 Å². The third-order valence-corrected chi connectivity index (χ3v) is 5.09. The van der Waals surface area contributed by atoms with Crippen molar-refractivity contribution in [2.75, 3.05) is 0 Å². The van der Waals surface area contributed by atoms with Crippen LogP contribution in [0.25, 0.3) is 0 Å². The van der Waals surface area contributed by atoms with Crippen LogP contribution in [0, 0.1) is 0 Å². The van der Waals surface area contributed by atoms with Crippen LogP contribution in [0.1, 0.15) is 29.7 Å². The average Bonchev–Trinajstić information content (AvgIpc) is 2.67. The van der Waals surface area contributed by atoms with Crippen molar-refractivity contribution >= 4 is 27.5 Å². The number of rotatable bonds is 7. The highest BCUT2D eigenvalue weighted by Gasteiger charge is 2.07. The van der Waals surface area contributed by atoms with Crippen molar-refractivity contribution in [3.05, 3.63) is 99.0 Å². The Kier molecular flexibility index (Phi) is 6.73. The summed E-state index contributed by atoms with van der Waals surface area (Å²) in [6.45, 7) is 3.48. The molecule has 0 radical (unpaired) electrons. The molecule has 0 fully saturated rings. The van der Waals surface area contributed by atoms with Gasteiger partial charge in [0.05, 0.1) is 4.47 Å². The molecule has 1 atom stereocenters. The second-order valence-electron chi connectivity index (χ2n) is 6.19. The molecule has 0 bridgehead atoms. The van der Waals surface area contributed by atoms with E-state index in [4.69, 9.17) is 16.3 Å². The molecule has 0 saturated carbocycles. The highest BCUT2D eigenvalue weighted by molar-refractivity contribution is 9.10. The summed E-state index contributed by atoms with van der Waals surface area (Å²) < 4.78 is 6.86. The first-order valence-corrected chi connectivity index (χ1v) is 9.73. The molecule has 1 unspecified atom stereocenters. The molecule has 4 heteroatoms. The predicted molar refractivity (Wildman–Crippen MR) is 112 cm³/mol. The van der Waals surface area contributed by atoms with Gasteiger partial charge in [0.25, 0.3) is 0 Å². The number of benzene rings is 3. The van der Waals surface area contributed by atoms with Gasteiger partial charge in [-0.25, -0.2) is 0 Å². The zero-order valence-corrected chi connectivity index (χ0v) is 16.9. The van der Waals surface area contributed by atoms with Crippen LogP contribution >= 0.6 is 27.5 Å². The highest BCUT2D eigenvalue weighted by Crippen LogP contribution is 2.27. The molecular formula is C22H21BrClNO. The highest BCUT2D eigenvalue weighted by atomic mass is 79.9. The normalized spacial score (nSPS) is 12.0. The second kappa shape index (κ2) is 9.22. The summed E-state index contributed by atoms with van der Waals surface area (Å²) >= 11 is 9.52. The van der Waals surface area contributed by atoms with E-state index in [0.29, 0.717) is 12.6 Å². The van der Waals surface area contributed by atoms with Crippen molar-refractivity contribution in [3.8, 4) is 5.75 Å². The van der Waals surface area contributed by atoms with Crippen molar-refractivity contribution in [2.45, 2.75) is 26.1 Å². The van der Waals surface area contributed by atoms with Crippen LogP contribution in [-0.2, 0) is 13.2 Å². The predicted octanol–water partition coefficient (Wildman–Crippen LogP) is 6.53. The number of nitrogens with one attached hydrogen (secondary N) is 1. The topological polar surface area (TPSA) is 21.3 Å². The van der Waals surface area contributed by atoms with Crippen molar-refractivity contribution < 1.29 is 4.74 Å². The van der Waals surface area contributed by atoms with Crippen molar-refractivity contribution in [2.24, 2.45) is 0 Å². The van der Waals surface area contributed by atoms with Crippen LogP contribution in [0.4, 0.5) is 0 Å². The van der Waals surface area contributed by atoms with Gasteiger partial charge in [0.1, 0.15) is 12.4 Å². The van der Waals surface area contributed by atoms with Crippen LogP contribution in [0.2, 0.25) is 5.02 Å². The molecule has 0 aromatic heterocycles. The van der Waals surface area contributed by atoms with E-state index < -0.39 is 0 Å².